The molecular weight excluding hydrogens is 312 g/mol. The van der Waals surface area contributed by atoms with E-state index in [9.17, 15) is 4.79 Å². The van der Waals surface area contributed by atoms with Crippen LogP contribution in [0.3, 0.4) is 0 Å². The minimum absolute atomic E-state index is 0. The normalized spacial score (nSPS) is 19.6. The van der Waals surface area contributed by atoms with Gasteiger partial charge in [0, 0.05) is 23.5 Å². The fraction of sp³-hybridized carbons (Fsp3) is 0.500. The zero-order chi connectivity index (χ0) is 14.9. The van der Waals surface area contributed by atoms with Gasteiger partial charge in [0.1, 0.15) is 5.58 Å². The first-order chi connectivity index (χ1) is 10.8. The Morgan fingerprint density at radius 1 is 1.26 bits per heavy atom. The molecule has 1 atom stereocenters. The molecule has 0 bridgehead atoms. The van der Waals surface area contributed by atoms with Crippen molar-refractivity contribution >= 4 is 29.3 Å². The molecule has 1 aromatic carbocycles. The van der Waals surface area contributed by atoms with Crippen LogP contribution in [-0.2, 0) is 24.1 Å². The number of hydrogen-bond acceptors (Lipinski definition) is 3. The first-order valence-electron chi connectivity index (χ1n) is 8.31. The Balaban J connectivity index is 0.00000156. The Labute approximate surface area is 142 Å². The van der Waals surface area contributed by atoms with Crippen molar-refractivity contribution in [3.63, 3.8) is 0 Å². The highest BCUT2D eigenvalue weighted by Crippen LogP contribution is 2.30. The number of fused-ring (bicyclic) bond motifs is 2. The van der Waals surface area contributed by atoms with Gasteiger partial charge in [-0.1, -0.05) is 0 Å². The summed E-state index contributed by atoms with van der Waals surface area (Å²) in [4.78, 5) is 12.2. The van der Waals surface area contributed by atoms with Gasteiger partial charge in [-0.05, 0) is 61.9 Å². The molecule has 124 valence electrons. The summed E-state index contributed by atoms with van der Waals surface area (Å²) in [6, 6.07) is 4.82. The number of carbonyl (C=O) groups excluding carboxylic acids is 1. The first-order valence-corrected chi connectivity index (χ1v) is 8.31. The third-order valence-corrected chi connectivity index (χ3v) is 4.93. The van der Waals surface area contributed by atoms with Crippen molar-refractivity contribution in [2.75, 3.05) is 13.1 Å². The second-order valence-corrected chi connectivity index (χ2v) is 6.51. The summed E-state index contributed by atoms with van der Waals surface area (Å²) in [5.74, 6) is 0.0805. The number of amides is 1. The number of rotatable bonds is 4. The Bertz CT molecular complexity index is 704. The third kappa shape index (κ3) is 3.38. The molecule has 0 radical (unpaired) electrons. The van der Waals surface area contributed by atoms with Gasteiger partial charge in [0.2, 0.25) is 5.91 Å². The van der Waals surface area contributed by atoms with E-state index in [1.807, 2.05) is 0 Å². The van der Waals surface area contributed by atoms with Crippen LogP contribution in [0.2, 0.25) is 0 Å². The first kappa shape index (κ1) is 16.3. The predicted octanol–water partition coefficient (Wildman–Crippen LogP) is 2.75. The molecule has 2 aromatic rings. The highest BCUT2D eigenvalue weighted by Gasteiger charge is 2.18. The molecule has 2 heterocycles. The molecule has 1 aromatic heterocycles. The number of benzene rings is 1. The monoisotopic (exact) mass is 334 g/mol. The van der Waals surface area contributed by atoms with E-state index >= 15 is 0 Å². The van der Waals surface area contributed by atoms with E-state index in [0.717, 1.165) is 48.9 Å². The number of aryl methyl sites for hydroxylation is 2. The van der Waals surface area contributed by atoms with Crippen molar-refractivity contribution in [3.8, 4) is 0 Å². The number of hydrogen-bond donors (Lipinski definition) is 2. The molecule has 23 heavy (non-hydrogen) atoms. The minimum Gasteiger partial charge on any atom is -0.464 e. The Morgan fingerprint density at radius 3 is 2.87 bits per heavy atom. The average Bonchev–Trinajstić information content (AvgIpc) is 3.24. The van der Waals surface area contributed by atoms with Crippen LogP contribution in [0.4, 0.5) is 0 Å². The molecule has 0 spiro atoms. The van der Waals surface area contributed by atoms with Gasteiger partial charge in [0.15, 0.2) is 0 Å². The van der Waals surface area contributed by atoms with E-state index in [2.05, 4.69) is 22.8 Å². The molecule has 1 aliphatic carbocycles. The average molecular weight is 335 g/mol. The lowest BCUT2D eigenvalue weighted by Gasteiger charge is -2.11. The SMILES string of the molecule is Cl.O=C(Cc1coc2cc3c(cc12)CCC3)NCC1CCCN1. The van der Waals surface area contributed by atoms with Crippen molar-refractivity contribution in [2.45, 2.75) is 44.6 Å². The molecule has 2 aliphatic rings. The maximum atomic E-state index is 12.2. The van der Waals surface area contributed by atoms with Gasteiger partial charge in [-0.15, -0.1) is 12.4 Å². The lowest BCUT2D eigenvalue weighted by Crippen LogP contribution is -2.37. The van der Waals surface area contributed by atoms with Crippen LogP contribution in [0.1, 0.15) is 36.0 Å². The quantitative estimate of drug-likeness (QED) is 0.904. The third-order valence-electron chi connectivity index (χ3n) is 4.93. The summed E-state index contributed by atoms with van der Waals surface area (Å²) < 4.78 is 5.66. The van der Waals surface area contributed by atoms with Gasteiger partial charge in [-0.3, -0.25) is 4.79 Å². The molecule has 1 aliphatic heterocycles. The molecule has 5 heteroatoms. The smallest absolute Gasteiger partial charge is 0.224 e. The second kappa shape index (κ2) is 6.93. The minimum atomic E-state index is 0. The topological polar surface area (TPSA) is 54.3 Å². The van der Waals surface area contributed by atoms with Crippen molar-refractivity contribution in [1.29, 1.82) is 0 Å². The Hall–Kier alpha value is -1.52. The van der Waals surface area contributed by atoms with Gasteiger partial charge in [-0.25, -0.2) is 0 Å². The molecule has 1 fully saturated rings. The van der Waals surface area contributed by atoms with E-state index in [-0.39, 0.29) is 18.3 Å². The number of furan rings is 1. The maximum Gasteiger partial charge on any atom is 0.224 e. The van der Waals surface area contributed by atoms with Gasteiger partial charge >= 0.3 is 0 Å². The van der Waals surface area contributed by atoms with E-state index in [0.29, 0.717) is 12.5 Å². The highest BCUT2D eigenvalue weighted by molar-refractivity contribution is 5.88. The number of carbonyl (C=O) groups is 1. The summed E-state index contributed by atoms with van der Waals surface area (Å²) in [6.07, 6.45) is 8.03. The molecule has 0 saturated carbocycles. The van der Waals surface area contributed by atoms with Crippen molar-refractivity contribution in [3.05, 3.63) is 35.1 Å². The number of nitrogens with one attached hydrogen (secondary N) is 2. The predicted molar refractivity (Wildman–Crippen MR) is 93.2 cm³/mol. The van der Waals surface area contributed by atoms with Crippen LogP contribution in [0, 0.1) is 0 Å². The fourth-order valence-corrected chi connectivity index (χ4v) is 3.69. The van der Waals surface area contributed by atoms with Crippen molar-refractivity contribution < 1.29 is 9.21 Å². The van der Waals surface area contributed by atoms with Crippen LogP contribution in [0.15, 0.2) is 22.8 Å². The summed E-state index contributed by atoms with van der Waals surface area (Å²) in [5.41, 5.74) is 4.75. The van der Waals surface area contributed by atoms with Gasteiger partial charge in [-0.2, -0.15) is 0 Å². The van der Waals surface area contributed by atoms with Crippen LogP contribution in [0.5, 0.6) is 0 Å². The molecule has 1 saturated heterocycles. The molecular formula is C18H23ClN2O2. The van der Waals surface area contributed by atoms with E-state index in [1.54, 1.807) is 6.26 Å². The van der Waals surface area contributed by atoms with Crippen LogP contribution >= 0.6 is 12.4 Å². The second-order valence-electron chi connectivity index (χ2n) is 6.51. The van der Waals surface area contributed by atoms with E-state index in [1.165, 1.54) is 24.0 Å². The Kier molecular flexibility index (Phi) is 4.93. The summed E-state index contributed by atoms with van der Waals surface area (Å²) in [7, 11) is 0. The molecule has 4 nitrogen and oxygen atoms in total. The highest BCUT2D eigenvalue weighted by atomic mass is 35.5. The zero-order valence-electron chi connectivity index (χ0n) is 13.2. The van der Waals surface area contributed by atoms with Crippen LogP contribution in [-0.4, -0.2) is 25.0 Å². The lowest BCUT2D eigenvalue weighted by atomic mass is 10.0. The summed E-state index contributed by atoms with van der Waals surface area (Å²) in [5, 5.41) is 7.54. The van der Waals surface area contributed by atoms with Gasteiger partial charge in [0.05, 0.1) is 12.7 Å². The molecule has 2 N–H and O–H groups in total. The van der Waals surface area contributed by atoms with Crippen LogP contribution in [0.25, 0.3) is 11.0 Å². The maximum absolute atomic E-state index is 12.2. The largest absolute Gasteiger partial charge is 0.464 e. The van der Waals surface area contributed by atoms with Gasteiger partial charge < -0.3 is 15.1 Å². The number of halogens is 1. The van der Waals surface area contributed by atoms with E-state index < -0.39 is 0 Å². The van der Waals surface area contributed by atoms with Gasteiger partial charge in [0.25, 0.3) is 0 Å². The van der Waals surface area contributed by atoms with Crippen molar-refractivity contribution in [2.24, 2.45) is 0 Å². The lowest BCUT2D eigenvalue weighted by molar-refractivity contribution is -0.120. The standard InChI is InChI=1S/C18H22N2O2.ClH/c21-18(20-10-15-5-2-6-19-15)9-14-11-22-17-8-13-4-1-3-12(13)7-16(14)17;/h7-8,11,15,19H,1-6,9-10H2,(H,20,21);1H. The summed E-state index contributed by atoms with van der Waals surface area (Å²) >= 11 is 0. The molecule has 4 rings (SSSR count). The van der Waals surface area contributed by atoms with Crippen molar-refractivity contribution in [1.82, 2.24) is 10.6 Å². The Morgan fingerprint density at radius 2 is 2.09 bits per heavy atom. The molecule has 1 amide bonds. The van der Waals surface area contributed by atoms with Crippen LogP contribution < -0.4 is 10.6 Å². The zero-order valence-corrected chi connectivity index (χ0v) is 14.0. The molecule has 1 unspecified atom stereocenters. The van der Waals surface area contributed by atoms with E-state index in [4.69, 9.17) is 4.42 Å². The summed E-state index contributed by atoms with van der Waals surface area (Å²) in [6.45, 7) is 1.79. The fourth-order valence-electron chi connectivity index (χ4n) is 3.69.